The molecule has 1 amide bonds. The van der Waals surface area contributed by atoms with Crippen LogP contribution in [0.4, 0.5) is 4.39 Å². The molecule has 0 spiro atoms. The van der Waals surface area contributed by atoms with E-state index >= 15 is 0 Å². The van der Waals surface area contributed by atoms with Crippen molar-refractivity contribution in [3.63, 3.8) is 0 Å². The third-order valence-corrected chi connectivity index (χ3v) is 4.36. The van der Waals surface area contributed by atoms with Crippen molar-refractivity contribution < 1.29 is 13.9 Å². The second-order valence-electron chi connectivity index (χ2n) is 6.02. The van der Waals surface area contributed by atoms with Crippen molar-refractivity contribution in [1.29, 1.82) is 0 Å². The molecule has 1 saturated heterocycles. The van der Waals surface area contributed by atoms with E-state index in [0.29, 0.717) is 38.3 Å². The molecule has 0 aliphatic carbocycles. The van der Waals surface area contributed by atoms with Gasteiger partial charge in [0, 0.05) is 25.1 Å². The van der Waals surface area contributed by atoms with Crippen LogP contribution < -0.4 is 0 Å². The maximum Gasteiger partial charge on any atom is 0.222 e. The highest BCUT2D eigenvalue weighted by atomic mass is 19.1. The van der Waals surface area contributed by atoms with Gasteiger partial charge in [0.2, 0.25) is 5.91 Å². The summed E-state index contributed by atoms with van der Waals surface area (Å²) in [6.45, 7) is 2.69. The van der Waals surface area contributed by atoms with E-state index in [2.05, 4.69) is 0 Å². The van der Waals surface area contributed by atoms with Crippen LogP contribution in [0.25, 0.3) is 11.1 Å². The van der Waals surface area contributed by atoms with Gasteiger partial charge in [-0.1, -0.05) is 42.5 Å². The molecule has 0 bridgehead atoms. The second kappa shape index (κ2) is 8.06. The molecule has 0 atom stereocenters. The van der Waals surface area contributed by atoms with E-state index in [4.69, 9.17) is 4.74 Å². The van der Waals surface area contributed by atoms with Gasteiger partial charge in [0.1, 0.15) is 5.82 Å². The maximum absolute atomic E-state index is 13.8. The van der Waals surface area contributed by atoms with Crippen LogP contribution in [-0.4, -0.2) is 37.1 Å². The largest absolute Gasteiger partial charge is 0.378 e. The van der Waals surface area contributed by atoms with Crippen LogP contribution >= 0.6 is 0 Å². The maximum atomic E-state index is 13.8. The number of morpholine rings is 1. The lowest BCUT2D eigenvalue weighted by Gasteiger charge is -2.26. The predicted octanol–water partition coefficient (Wildman–Crippen LogP) is 3.67. The number of benzene rings is 2. The second-order valence-corrected chi connectivity index (χ2v) is 6.02. The number of ether oxygens (including phenoxy) is 1. The van der Waals surface area contributed by atoms with Gasteiger partial charge in [-0.3, -0.25) is 4.79 Å². The molecule has 1 heterocycles. The summed E-state index contributed by atoms with van der Waals surface area (Å²) in [7, 11) is 0. The molecule has 0 unspecified atom stereocenters. The quantitative estimate of drug-likeness (QED) is 0.838. The lowest BCUT2D eigenvalue weighted by molar-refractivity contribution is -0.135. The van der Waals surface area contributed by atoms with Crippen LogP contribution in [0.5, 0.6) is 0 Å². The zero-order valence-corrected chi connectivity index (χ0v) is 13.7. The first-order valence-electron chi connectivity index (χ1n) is 8.43. The van der Waals surface area contributed by atoms with Gasteiger partial charge < -0.3 is 9.64 Å². The van der Waals surface area contributed by atoms with Crippen LogP contribution in [-0.2, 0) is 16.0 Å². The summed E-state index contributed by atoms with van der Waals surface area (Å²) < 4.78 is 19.1. The Kier molecular flexibility index (Phi) is 5.59. The monoisotopic (exact) mass is 327 g/mol. The summed E-state index contributed by atoms with van der Waals surface area (Å²) in [4.78, 5) is 14.0. The van der Waals surface area contributed by atoms with Crippen molar-refractivity contribution in [2.75, 3.05) is 26.3 Å². The van der Waals surface area contributed by atoms with Crippen LogP contribution in [0.1, 0.15) is 18.4 Å². The number of rotatable bonds is 5. The Bertz CT molecular complexity index is 678. The molecule has 2 aromatic carbocycles. The van der Waals surface area contributed by atoms with Crippen molar-refractivity contribution in [3.05, 3.63) is 59.9 Å². The number of hydrogen-bond acceptors (Lipinski definition) is 2. The Hall–Kier alpha value is -2.20. The molecule has 24 heavy (non-hydrogen) atoms. The molecule has 2 aromatic rings. The molecule has 1 fully saturated rings. The van der Waals surface area contributed by atoms with Gasteiger partial charge in [-0.25, -0.2) is 4.39 Å². The average molecular weight is 327 g/mol. The summed E-state index contributed by atoms with van der Waals surface area (Å²) in [5.41, 5.74) is 2.66. The van der Waals surface area contributed by atoms with E-state index in [1.807, 2.05) is 35.2 Å². The molecule has 0 saturated carbocycles. The Balaban J connectivity index is 1.51. The smallest absolute Gasteiger partial charge is 0.222 e. The van der Waals surface area contributed by atoms with Gasteiger partial charge in [-0.2, -0.15) is 0 Å². The molecule has 4 heteroatoms. The zero-order valence-electron chi connectivity index (χ0n) is 13.7. The number of halogens is 1. The normalized spacial score (nSPS) is 14.6. The zero-order chi connectivity index (χ0) is 16.8. The van der Waals surface area contributed by atoms with E-state index in [1.165, 1.54) is 11.6 Å². The fourth-order valence-corrected chi connectivity index (χ4v) is 2.96. The Morgan fingerprint density at radius 3 is 2.46 bits per heavy atom. The topological polar surface area (TPSA) is 29.5 Å². The van der Waals surface area contributed by atoms with Crippen molar-refractivity contribution >= 4 is 5.91 Å². The molecule has 3 rings (SSSR count). The lowest BCUT2D eigenvalue weighted by atomic mass is 10.0. The van der Waals surface area contributed by atoms with Crippen LogP contribution in [0.15, 0.2) is 48.5 Å². The Morgan fingerprint density at radius 2 is 1.75 bits per heavy atom. The van der Waals surface area contributed by atoms with E-state index in [0.717, 1.165) is 18.4 Å². The standard InChI is InChI=1S/C20H22FNO2/c21-19-6-2-1-5-18(19)17-10-8-16(9-11-17)4-3-7-20(23)22-12-14-24-15-13-22/h1-2,5-6,8-11H,3-4,7,12-15H2. The van der Waals surface area contributed by atoms with Crippen molar-refractivity contribution in [2.45, 2.75) is 19.3 Å². The minimum atomic E-state index is -0.207. The van der Waals surface area contributed by atoms with Gasteiger partial charge in [-0.05, 0) is 30.0 Å². The molecule has 1 aliphatic heterocycles. The molecule has 0 aromatic heterocycles. The molecule has 3 nitrogen and oxygen atoms in total. The van der Waals surface area contributed by atoms with E-state index in [-0.39, 0.29) is 11.7 Å². The molecule has 126 valence electrons. The Labute approximate surface area is 142 Å². The van der Waals surface area contributed by atoms with Crippen molar-refractivity contribution in [3.8, 4) is 11.1 Å². The van der Waals surface area contributed by atoms with E-state index in [9.17, 15) is 9.18 Å². The number of amides is 1. The minimum Gasteiger partial charge on any atom is -0.378 e. The summed E-state index contributed by atoms with van der Waals surface area (Å²) in [6.07, 6.45) is 2.25. The highest BCUT2D eigenvalue weighted by Crippen LogP contribution is 2.23. The number of carbonyl (C=O) groups excluding carboxylic acids is 1. The summed E-state index contributed by atoms with van der Waals surface area (Å²) in [6, 6.07) is 14.7. The lowest BCUT2D eigenvalue weighted by Crippen LogP contribution is -2.40. The minimum absolute atomic E-state index is 0.207. The third kappa shape index (κ3) is 4.20. The van der Waals surface area contributed by atoms with Crippen LogP contribution in [0.3, 0.4) is 0 Å². The van der Waals surface area contributed by atoms with Crippen LogP contribution in [0.2, 0.25) is 0 Å². The molecule has 0 radical (unpaired) electrons. The number of hydrogen-bond donors (Lipinski definition) is 0. The van der Waals surface area contributed by atoms with Gasteiger partial charge in [0.15, 0.2) is 0 Å². The SMILES string of the molecule is O=C(CCCc1ccc(-c2ccccc2F)cc1)N1CCOCC1. The fourth-order valence-electron chi connectivity index (χ4n) is 2.96. The van der Waals surface area contributed by atoms with Crippen molar-refractivity contribution in [2.24, 2.45) is 0 Å². The predicted molar refractivity (Wildman–Crippen MR) is 92.2 cm³/mol. The molecule has 1 aliphatic rings. The summed E-state index contributed by atoms with van der Waals surface area (Å²) >= 11 is 0. The highest BCUT2D eigenvalue weighted by Gasteiger charge is 2.16. The fraction of sp³-hybridized carbons (Fsp3) is 0.350. The summed E-state index contributed by atoms with van der Waals surface area (Å²) in [5.74, 6) is 0.00244. The molecule has 0 N–H and O–H groups in total. The van der Waals surface area contributed by atoms with Crippen molar-refractivity contribution in [1.82, 2.24) is 4.90 Å². The number of nitrogens with zero attached hydrogens (tertiary/aromatic N) is 1. The first-order chi connectivity index (χ1) is 11.7. The number of aryl methyl sites for hydroxylation is 1. The highest BCUT2D eigenvalue weighted by molar-refractivity contribution is 5.76. The van der Waals surface area contributed by atoms with E-state index in [1.54, 1.807) is 12.1 Å². The first-order valence-corrected chi connectivity index (χ1v) is 8.43. The summed E-state index contributed by atoms with van der Waals surface area (Å²) in [5, 5.41) is 0. The number of carbonyl (C=O) groups is 1. The van der Waals surface area contributed by atoms with E-state index < -0.39 is 0 Å². The third-order valence-electron chi connectivity index (χ3n) is 4.36. The molecular weight excluding hydrogens is 305 g/mol. The van der Waals surface area contributed by atoms with Crippen LogP contribution in [0, 0.1) is 5.82 Å². The first kappa shape index (κ1) is 16.7. The van der Waals surface area contributed by atoms with Gasteiger partial charge in [0.05, 0.1) is 13.2 Å². The Morgan fingerprint density at radius 1 is 1.04 bits per heavy atom. The van der Waals surface area contributed by atoms with Gasteiger partial charge in [0.25, 0.3) is 0 Å². The molecular formula is C20H22FNO2. The average Bonchev–Trinajstić information content (AvgIpc) is 2.63. The van der Waals surface area contributed by atoms with Gasteiger partial charge in [-0.15, -0.1) is 0 Å². The van der Waals surface area contributed by atoms with Gasteiger partial charge >= 0.3 is 0 Å².